The molecule has 6 aliphatic rings. The van der Waals surface area contributed by atoms with Crippen LogP contribution in [-0.2, 0) is 19.6 Å². The summed E-state index contributed by atoms with van der Waals surface area (Å²) in [6.45, 7) is 20.3. The Kier molecular flexibility index (Phi) is 18.6. The number of nitrogens with zero attached hydrogens (tertiary/aromatic N) is 4. The van der Waals surface area contributed by atoms with Gasteiger partial charge in [0.15, 0.2) is 0 Å². The summed E-state index contributed by atoms with van der Waals surface area (Å²) in [5.41, 5.74) is 31.7. The van der Waals surface area contributed by atoms with Crippen LogP contribution in [0.5, 0.6) is 0 Å². The van der Waals surface area contributed by atoms with Crippen molar-refractivity contribution in [2.45, 2.75) is 79.6 Å². The smallest absolute Gasteiger partial charge is 0.0695 e. The normalized spacial score (nSPS) is 16.8. The Balaban J connectivity index is 0.00000154. The molecular formula is C86H81N5. The van der Waals surface area contributed by atoms with E-state index in [2.05, 4.69) is 315 Å². The fourth-order valence-corrected chi connectivity index (χ4v) is 13.4. The first-order chi connectivity index (χ1) is 44.6. The topological polar surface area (TPSA) is 28.4 Å². The lowest BCUT2D eigenvalue weighted by Gasteiger charge is -2.35. The second-order valence-corrected chi connectivity index (χ2v) is 23.9. The lowest BCUT2D eigenvalue weighted by Crippen LogP contribution is -2.31. The van der Waals surface area contributed by atoms with Crippen molar-refractivity contribution in [1.29, 1.82) is 0 Å². The summed E-state index contributed by atoms with van der Waals surface area (Å²) < 4.78 is 4.91. The summed E-state index contributed by atoms with van der Waals surface area (Å²) in [5.74, 6) is 0. The first-order valence-corrected chi connectivity index (χ1v) is 32.0. The molecule has 2 aromatic heterocycles. The fraction of sp³-hybridized carbons (Fsp3) is 0.151. The highest BCUT2D eigenvalue weighted by Crippen LogP contribution is 2.44. The Bertz CT molecular complexity index is 4620. The summed E-state index contributed by atoms with van der Waals surface area (Å²) in [4.78, 5) is 5.03. The average molecular weight is 1180 g/mol. The summed E-state index contributed by atoms with van der Waals surface area (Å²) in [6, 6.07) is 38.9. The first-order valence-electron chi connectivity index (χ1n) is 32.0. The number of hydrogen-bond donors (Lipinski definition) is 1. The molecule has 1 N–H and O–H groups in total. The van der Waals surface area contributed by atoms with E-state index in [0.717, 1.165) is 54.0 Å². The number of nitrogens with one attached hydrogen (secondary N) is 1. The van der Waals surface area contributed by atoms with Crippen LogP contribution in [0.4, 0.5) is 0 Å². The maximum absolute atomic E-state index is 4.04. The third-order valence-corrected chi connectivity index (χ3v) is 18.2. The van der Waals surface area contributed by atoms with Gasteiger partial charge in [-0.05, 0) is 175 Å². The number of rotatable bonds is 15. The Morgan fingerprint density at radius 1 is 0.681 bits per heavy atom. The van der Waals surface area contributed by atoms with Gasteiger partial charge in [0.2, 0.25) is 0 Å². The lowest BCUT2D eigenvalue weighted by molar-refractivity contribution is 0.380. The van der Waals surface area contributed by atoms with E-state index in [1.807, 2.05) is 37.3 Å². The van der Waals surface area contributed by atoms with Crippen LogP contribution in [0, 0.1) is 20.8 Å². The summed E-state index contributed by atoms with van der Waals surface area (Å²) >= 11 is 0. The van der Waals surface area contributed by atoms with Crippen LogP contribution in [-0.4, -0.2) is 32.0 Å². The highest BCUT2D eigenvalue weighted by molar-refractivity contribution is 6.10. The molecule has 0 saturated heterocycles. The van der Waals surface area contributed by atoms with Crippen LogP contribution in [0.1, 0.15) is 83.3 Å². The van der Waals surface area contributed by atoms with Crippen LogP contribution < -0.4 is 5.32 Å². The van der Waals surface area contributed by atoms with Gasteiger partial charge >= 0.3 is 0 Å². The SMILES string of the molecule is C=C/C=C\C.C=C/C=C\c1c(C)c(C)cn1-c1ccc(-c2cc(CNC3=C(C4=C(C)C(N(C)C5=CC=CC=CC5)C=C(c5ccccc5C)C=C4)C=C=CC=C3)cc(Cn3c4ccccc4c4ccc5c(c43)CN(C3=CCC=CC=C3)C3=C5C=CC=CC3)c2)cc1. The fourth-order valence-electron chi connectivity index (χ4n) is 13.4. The third kappa shape index (κ3) is 12.9. The van der Waals surface area contributed by atoms with Gasteiger partial charge in [-0.1, -0.05) is 214 Å². The third-order valence-electron chi connectivity index (χ3n) is 18.2. The van der Waals surface area contributed by atoms with E-state index in [0.29, 0.717) is 13.1 Å². The molecule has 13 rings (SSSR count). The van der Waals surface area contributed by atoms with Gasteiger partial charge in [-0.3, -0.25) is 0 Å². The van der Waals surface area contributed by atoms with Crippen molar-refractivity contribution in [2.24, 2.45) is 0 Å². The number of aryl methyl sites for hydroxylation is 2. The molecule has 1 aliphatic heterocycles. The van der Waals surface area contributed by atoms with E-state index in [4.69, 9.17) is 0 Å². The predicted molar refractivity (Wildman–Crippen MR) is 389 cm³/mol. The van der Waals surface area contributed by atoms with Crippen molar-refractivity contribution in [1.82, 2.24) is 24.3 Å². The lowest BCUT2D eigenvalue weighted by atomic mass is 9.90. The zero-order chi connectivity index (χ0) is 62.8. The number of benzene rings is 5. The molecular weight excluding hydrogens is 1100 g/mol. The van der Waals surface area contributed by atoms with Gasteiger partial charge in [0.05, 0.1) is 18.1 Å². The molecule has 3 heterocycles. The average Bonchev–Trinajstić information content (AvgIpc) is 1.63. The second kappa shape index (κ2) is 27.9. The number of aromatic nitrogens is 2. The monoisotopic (exact) mass is 1180 g/mol. The van der Waals surface area contributed by atoms with Gasteiger partial charge in [0.1, 0.15) is 0 Å². The quantitative estimate of drug-likeness (QED) is 0.0819. The van der Waals surface area contributed by atoms with E-state index in [1.165, 1.54) is 111 Å². The van der Waals surface area contributed by atoms with Gasteiger partial charge < -0.3 is 24.3 Å². The maximum Gasteiger partial charge on any atom is 0.0695 e. The van der Waals surface area contributed by atoms with Crippen LogP contribution >= 0.6 is 0 Å². The van der Waals surface area contributed by atoms with Crippen molar-refractivity contribution < 1.29 is 0 Å². The maximum atomic E-state index is 4.04. The molecule has 5 aromatic carbocycles. The summed E-state index contributed by atoms with van der Waals surface area (Å²) in [6.07, 6.45) is 63.3. The second-order valence-electron chi connectivity index (χ2n) is 23.9. The van der Waals surface area contributed by atoms with E-state index >= 15 is 0 Å². The number of likely N-dealkylation sites (N-methyl/N-ethyl adjacent to an activating group) is 1. The first kappa shape index (κ1) is 60.7. The molecule has 0 fully saturated rings. The Morgan fingerprint density at radius 2 is 1.47 bits per heavy atom. The van der Waals surface area contributed by atoms with E-state index < -0.39 is 0 Å². The van der Waals surface area contributed by atoms with Crippen molar-refractivity contribution in [3.8, 4) is 16.8 Å². The van der Waals surface area contributed by atoms with Crippen molar-refractivity contribution >= 4 is 39.0 Å². The van der Waals surface area contributed by atoms with Crippen LogP contribution in [0.15, 0.2) is 326 Å². The minimum absolute atomic E-state index is 0.0116. The number of hydrogen-bond acceptors (Lipinski definition) is 3. The zero-order valence-corrected chi connectivity index (χ0v) is 53.5. The molecule has 1 atom stereocenters. The molecule has 5 heteroatoms. The van der Waals surface area contributed by atoms with Crippen molar-refractivity contribution in [2.75, 3.05) is 7.05 Å². The molecule has 1 unspecified atom stereocenters. The Hall–Kier alpha value is -10.6. The molecule has 0 saturated carbocycles. The van der Waals surface area contributed by atoms with Crippen molar-refractivity contribution in [3.63, 3.8) is 0 Å². The molecule has 91 heavy (non-hydrogen) atoms. The Labute approximate surface area is 539 Å². The molecule has 0 bridgehead atoms. The molecule has 0 amide bonds. The molecule has 5 aliphatic carbocycles. The van der Waals surface area contributed by atoms with Gasteiger partial charge in [0.25, 0.3) is 0 Å². The summed E-state index contributed by atoms with van der Waals surface area (Å²) in [5, 5.41) is 6.60. The highest BCUT2D eigenvalue weighted by atomic mass is 15.2. The van der Waals surface area contributed by atoms with E-state index in [-0.39, 0.29) is 6.04 Å². The Morgan fingerprint density at radius 3 is 2.31 bits per heavy atom. The standard InChI is InChI=1S/C81H73N5.C5H8/c1-7-8-37-77-58(4)57(3)53-84(77)67-43-40-62(41-44-67)64-49-60(52-82-76-36-21-13-19-33-71(76)69-45-42-63(68-32-24-23-27-56(68)2)51-80(59(69)5)83(6)65-28-15-9-10-16-29-65)48-61(50-64)54-86-79-39-26-25-35-73(79)74-47-46-70-72-34-20-14-22-38-78(72)85(55-75(70)81(74)86)66-30-17-11-12-18-31-66;1-3-5-4-2/h7-17,20-28,30-37,39-51,53,80,82H,1,18,29,38,52,54-55H2,2-6H3;3-5H,1H2,2H3/b37-8-;5-4-. The molecule has 450 valence electrons. The van der Waals surface area contributed by atoms with Crippen LogP contribution in [0.2, 0.25) is 0 Å². The van der Waals surface area contributed by atoms with E-state index in [9.17, 15) is 0 Å². The minimum Gasteiger partial charge on any atom is -0.380 e. The highest BCUT2D eigenvalue weighted by Gasteiger charge is 2.30. The van der Waals surface area contributed by atoms with Gasteiger partial charge in [-0.15, -0.1) is 5.73 Å². The number of fused-ring (bicyclic) bond motifs is 6. The van der Waals surface area contributed by atoms with E-state index in [1.54, 1.807) is 6.08 Å². The molecule has 0 radical (unpaired) electrons. The van der Waals surface area contributed by atoms with Gasteiger partial charge in [-0.25, -0.2) is 0 Å². The van der Waals surface area contributed by atoms with Crippen molar-refractivity contribution in [3.05, 3.63) is 376 Å². The number of allylic oxidation sites excluding steroid dienone is 28. The van der Waals surface area contributed by atoms with Gasteiger partial charge in [-0.2, -0.15) is 0 Å². The minimum atomic E-state index is -0.0116. The molecule has 5 nitrogen and oxygen atoms in total. The predicted octanol–water partition coefficient (Wildman–Crippen LogP) is 20.9. The molecule has 0 spiro atoms. The zero-order valence-electron chi connectivity index (χ0n) is 53.5. The van der Waals surface area contributed by atoms with Gasteiger partial charge in [0, 0.05) is 106 Å². The van der Waals surface area contributed by atoms with Crippen LogP contribution in [0.25, 0.3) is 55.8 Å². The largest absolute Gasteiger partial charge is 0.380 e. The number of para-hydroxylation sites is 1. The summed E-state index contributed by atoms with van der Waals surface area (Å²) in [7, 11) is 2.24. The molecule has 7 aromatic rings. The van der Waals surface area contributed by atoms with Crippen LogP contribution in [0.3, 0.4) is 0 Å².